The van der Waals surface area contributed by atoms with E-state index in [4.69, 9.17) is 4.74 Å². The van der Waals surface area contributed by atoms with Crippen molar-refractivity contribution in [1.29, 1.82) is 0 Å². The number of ether oxygens (including phenoxy) is 1. The van der Waals surface area contributed by atoms with Crippen molar-refractivity contribution in [1.82, 2.24) is 14.8 Å². The van der Waals surface area contributed by atoms with Crippen molar-refractivity contribution in [3.05, 3.63) is 11.6 Å². The number of hydrogen-bond acceptors (Lipinski definition) is 3. The molecule has 16 heavy (non-hydrogen) atoms. The van der Waals surface area contributed by atoms with Crippen molar-refractivity contribution < 1.29 is 4.74 Å². The Morgan fingerprint density at radius 3 is 3.19 bits per heavy atom. The topological polar surface area (TPSA) is 39.9 Å². The fourth-order valence-electron chi connectivity index (χ4n) is 2.61. The zero-order chi connectivity index (χ0) is 11.0. The Kier molecular flexibility index (Phi) is 2.67. The van der Waals surface area contributed by atoms with Gasteiger partial charge in [-0.15, -0.1) is 0 Å². The summed E-state index contributed by atoms with van der Waals surface area (Å²) in [5, 5.41) is 4.57. The summed E-state index contributed by atoms with van der Waals surface area (Å²) in [6, 6.07) is 0. The molecule has 0 spiro atoms. The summed E-state index contributed by atoms with van der Waals surface area (Å²) in [5.41, 5.74) is 0. The number of aryl methyl sites for hydroxylation is 1. The molecule has 2 aliphatic rings. The van der Waals surface area contributed by atoms with Gasteiger partial charge in [0.2, 0.25) is 0 Å². The zero-order valence-corrected chi connectivity index (χ0v) is 9.85. The van der Waals surface area contributed by atoms with Gasteiger partial charge >= 0.3 is 0 Å². The van der Waals surface area contributed by atoms with Gasteiger partial charge < -0.3 is 4.74 Å². The SMILES string of the molecule is CC1CCn2nc(CC3CCCO3)nc2C1. The van der Waals surface area contributed by atoms with Gasteiger partial charge in [0.25, 0.3) is 0 Å². The quantitative estimate of drug-likeness (QED) is 0.761. The molecule has 0 N–H and O–H groups in total. The third-order valence-electron chi connectivity index (χ3n) is 3.59. The molecule has 4 nitrogen and oxygen atoms in total. The van der Waals surface area contributed by atoms with E-state index >= 15 is 0 Å². The van der Waals surface area contributed by atoms with E-state index in [1.165, 1.54) is 25.1 Å². The molecule has 0 bridgehead atoms. The first-order chi connectivity index (χ1) is 7.81. The Morgan fingerprint density at radius 2 is 2.38 bits per heavy atom. The van der Waals surface area contributed by atoms with E-state index in [2.05, 4.69) is 21.7 Å². The number of fused-ring (bicyclic) bond motifs is 1. The molecule has 4 heteroatoms. The van der Waals surface area contributed by atoms with Gasteiger partial charge in [-0.05, 0) is 25.2 Å². The molecular weight excluding hydrogens is 202 g/mol. The van der Waals surface area contributed by atoms with Crippen LogP contribution in [0.5, 0.6) is 0 Å². The van der Waals surface area contributed by atoms with E-state index in [9.17, 15) is 0 Å². The van der Waals surface area contributed by atoms with Crippen LogP contribution in [0.15, 0.2) is 0 Å². The lowest BCUT2D eigenvalue weighted by Gasteiger charge is -2.17. The van der Waals surface area contributed by atoms with Crippen molar-refractivity contribution in [2.75, 3.05) is 6.61 Å². The molecule has 1 saturated heterocycles. The van der Waals surface area contributed by atoms with E-state index < -0.39 is 0 Å². The number of nitrogens with zero attached hydrogens (tertiary/aromatic N) is 3. The average Bonchev–Trinajstić information content (AvgIpc) is 2.86. The summed E-state index contributed by atoms with van der Waals surface area (Å²) < 4.78 is 7.71. The first-order valence-electron chi connectivity index (χ1n) is 6.35. The standard InChI is InChI=1S/C12H19N3O/c1-9-4-5-15-12(7-9)13-11(14-15)8-10-3-2-6-16-10/h9-10H,2-8H2,1H3. The molecule has 0 saturated carbocycles. The van der Waals surface area contributed by atoms with Crippen molar-refractivity contribution >= 4 is 0 Å². The molecule has 0 radical (unpaired) electrons. The van der Waals surface area contributed by atoms with Crippen LogP contribution in [0.25, 0.3) is 0 Å². The Morgan fingerprint density at radius 1 is 1.44 bits per heavy atom. The highest BCUT2D eigenvalue weighted by Gasteiger charge is 2.22. The van der Waals surface area contributed by atoms with Crippen LogP contribution in [-0.4, -0.2) is 27.5 Å². The maximum absolute atomic E-state index is 5.62. The summed E-state index contributed by atoms with van der Waals surface area (Å²) in [5.74, 6) is 2.91. The highest BCUT2D eigenvalue weighted by atomic mass is 16.5. The maximum Gasteiger partial charge on any atom is 0.153 e. The normalized spacial score (nSPS) is 29.3. The van der Waals surface area contributed by atoms with E-state index in [1.807, 2.05) is 0 Å². The van der Waals surface area contributed by atoms with Crippen molar-refractivity contribution in [2.45, 2.75) is 51.7 Å². The Bertz CT molecular complexity index is 368. The van der Waals surface area contributed by atoms with Crippen LogP contribution in [0.2, 0.25) is 0 Å². The minimum atomic E-state index is 0.363. The van der Waals surface area contributed by atoms with E-state index in [0.29, 0.717) is 6.10 Å². The van der Waals surface area contributed by atoms with Crippen LogP contribution in [-0.2, 0) is 24.1 Å². The highest BCUT2D eigenvalue weighted by molar-refractivity contribution is 4.98. The van der Waals surface area contributed by atoms with Gasteiger partial charge in [0.1, 0.15) is 5.82 Å². The molecule has 0 amide bonds. The molecule has 3 rings (SSSR count). The first kappa shape index (κ1) is 10.3. The summed E-state index contributed by atoms with van der Waals surface area (Å²) in [4.78, 5) is 4.64. The molecule has 88 valence electrons. The smallest absolute Gasteiger partial charge is 0.153 e. The van der Waals surface area contributed by atoms with Gasteiger partial charge in [0, 0.05) is 26.0 Å². The summed E-state index contributed by atoms with van der Waals surface area (Å²) >= 11 is 0. The summed E-state index contributed by atoms with van der Waals surface area (Å²) in [6.07, 6.45) is 5.93. The Labute approximate surface area is 96.0 Å². The zero-order valence-electron chi connectivity index (χ0n) is 9.85. The molecule has 0 aliphatic carbocycles. The van der Waals surface area contributed by atoms with Gasteiger partial charge in [-0.3, -0.25) is 0 Å². The predicted molar refractivity (Wildman–Crippen MR) is 60.2 cm³/mol. The predicted octanol–water partition coefficient (Wildman–Crippen LogP) is 1.58. The van der Waals surface area contributed by atoms with E-state index in [-0.39, 0.29) is 0 Å². The van der Waals surface area contributed by atoms with Gasteiger partial charge in [0.05, 0.1) is 6.10 Å². The van der Waals surface area contributed by atoms with Crippen molar-refractivity contribution in [3.63, 3.8) is 0 Å². The van der Waals surface area contributed by atoms with Crippen LogP contribution < -0.4 is 0 Å². The summed E-state index contributed by atoms with van der Waals surface area (Å²) in [7, 11) is 0. The van der Waals surface area contributed by atoms with Gasteiger partial charge in [-0.25, -0.2) is 9.67 Å². The van der Waals surface area contributed by atoms with Gasteiger partial charge in [-0.1, -0.05) is 6.92 Å². The van der Waals surface area contributed by atoms with Crippen LogP contribution in [0.4, 0.5) is 0 Å². The van der Waals surface area contributed by atoms with Crippen LogP contribution in [0.3, 0.4) is 0 Å². The Balaban J connectivity index is 1.71. The Hall–Kier alpha value is -0.900. The molecule has 0 aromatic carbocycles. The third-order valence-corrected chi connectivity index (χ3v) is 3.59. The van der Waals surface area contributed by atoms with E-state index in [0.717, 1.165) is 37.7 Å². The van der Waals surface area contributed by atoms with Crippen LogP contribution in [0.1, 0.15) is 37.8 Å². The minimum Gasteiger partial charge on any atom is -0.378 e. The second-order valence-corrected chi connectivity index (χ2v) is 5.10. The molecular formula is C12H19N3O. The molecule has 3 heterocycles. The number of aromatic nitrogens is 3. The number of rotatable bonds is 2. The van der Waals surface area contributed by atoms with Gasteiger partial charge in [0.15, 0.2) is 5.82 Å². The van der Waals surface area contributed by atoms with Gasteiger partial charge in [-0.2, -0.15) is 5.10 Å². The average molecular weight is 221 g/mol. The molecule has 2 aliphatic heterocycles. The molecule has 1 aromatic rings. The van der Waals surface area contributed by atoms with Crippen LogP contribution >= 0.6 is 0 Å². The lowest BCUT2D eigenvalue weighted by Crippen LogP contribution is -2.18. The van der Waals surface area contributed by atoms with Crippen molar-refractivity contribution in [2.24, 2.45) is 5.92 Å². The monoisotopic (exact) mass is 221 g/mol. The lowest BCUT2D eigenvalue weighted by atomic mass is 10.0. The number of hydrogen-bond donors (Lipinski definition) is 0. The minimum absolute atomic E-state index is 0.363. The van der Waals surface area contributed by atoms with Crippen molar-refractivity contribution in [3.8, 4) is 0 Å². The molecule has 2 unspecified atom stereocenters. The first-order valence-corrected chi connectivity index (χ1v) is 6.35. The lowest BCUT2D eigenvalue weighted by molar-refractivity contribution is 0.110. The summed E-state index contributed by atoms with van der Waals surface area (Å²) in [6.45, 7) is 4.24. The fraction of sp³-hybridized carbons (Fsp3) is 0.833. The maximum atomic E-state index is 5.62. The second-order valence-electron chi connectivity index (χ2n) is 5.10. The molecule has 1 fully saturated rings. The van der Waals surface area contributed by atoms with E-state index in [1.54, 1.807) is 0 Å². The fourth-order valence-corrected chi connectivity index (χ4v) is 2.61. The highest BCUT2D eigenvalue weighted by Crippen LogP contribution is 2.20. The largest absolute Gasteiger partial charge is 0.378 e. The third kappa shape index (κ3) is 1.98. The second kappa shape index (κ2) is 4.17. The van der Waals surface area contributed by atoms with Crippen LogP contribution in [0, 0.1) is 5.92 Å². The molecule has 1 aromatic heterocycles. The molecule has 2 atom stereocenters.